The average molecular weight is 765 g/mol. The molecule has 8 aromatic carbocycles. The second-order valence-electron chi connectivity index (χ2n) is 14.8. The van der Waals surface area contributed by atoms with Gasteiger partial charge < -0.3 is 9.13 Å². The average Bonchev–Trinajstić information content (AvgIpc) is 3.84. The molecule has 0 radical (unpaired) electrons. The minimum atomic E-state index is 0.544. The van der Waals surface area contributed by atoms with E-state index in [1.807, 2.05) is 72.8 Å². The van der Waals surface area contributed by atoms with Crippen molar-refractivity contribution in [1.29, 1.82) is 5.26 Å². The number of fused-ring (bicyclic) bond motifs is 6. The minimum Gasteiger partial charge on any atom is -0.309 e. The number of aromatic nitrogens is 4. The van der Waals surface area contributed by atoms with Crippen LogP contribution in [0.15, 0.2) is 194 Å². The van der Waals surface area contributed by atoms with Crippen LogP contribution in [-0.2, 0) is 0 Å². The lowest BCUT2D eigenvalue weighted by atomic mass is 9.99. The van der Waals surface area contributed by atoms with Crippen molar-refractivity contribution in [3.8, 4) is 62.5 Å². The van der Waals surface area contributed by atoms with Crippen LogP contribution in [0.3, 0.4) is 0 Å². The molecule has 0 aliphatic heterocycles. The molecule has 6 heteroatoms. The molecule has 278 valence electrons. The maximum atomic E-state index is 9.93. The van der Waals surface area contributed by atoms with Crippen molar-refractivity contribution in [3.05, 3.63) is 211 Å². The molecule has 0 aliphatic rings. The lowest BCUT2D eigenvalue weighted by Gasteiger charge is -2.17. The van der Waals surface area contributed by atoms with Gasteiger partial charge in [-0.2, -0.15) is 5.26 Å². The molecule has 0 spiro atoms. The molecule has 0 bridgehead atoms. The summed E-state index contributed by atoms with van der Waals surface area (Å²) in [6, 6.07) is 68.7. The van der Waals surface area contributed by atoms with Gasteiger partial charge in [0.2, 0.25) is 0 Å². The van der Waals surface area contributed by atoms with Crippen molar-refractivity contribution in [2.24, 2.45) is 0 Å². The summed E-state index contributed by atoms with van der Waals surface area (Å²) in [5.74, 6) is 0.615. The lowest BCUT2D eigenvalue weighted by molar-refractivity contribution is 1.16. The number of nitriles is 1. The van der Waals surface area contributed by atoms with Crippen molar-refractivity contribution in [1.82, 2.24) is 19.1 Å². The fourth-order valence-electron chi connectivity index (χ4n) is 8.61. The van der Waals surface area contributed by atoms with Gasteiger partial charge in [-0.25, -0.2) is 14.8 Å². The van der Waals surface area contributed by atoms with Crippen molar-refractivity contribution in [2.45, 2.75) is 0 Å². The van der Waals surface area contributed by atoms with Crippen LogP contribution in [-0.4, -0.2) is 19.1 Å². The molecule has 0 unspecified atom stereocenters. The number of para-hydroxylation sites is 2. The number of rotatable bonds is 6. The van der Waals surface area contributed by atoms with Crippen LogP contribution >= 0.6 is 0 Å². The molecule has 0 saturated heterocycles. The zero-order valence-electron chi connectivity index (χ0n) is 32.2. The number of hydrogen-bond donors (Lipinski definition) is 0. The smallest absolute Gasteiger partial charge is 0.188 e. The Bertz CT molecular complexity index is 3380. The van der Waals surface area contributed by atoms with Crippen molar-refractivity contribution >= 4 is 49.3 Å². The second-order valence-corrected chi connectivity index (χ2v) is 14.8. The molecule has 6 nitrogen and oxygen atoms in total. The normalized spacial score (nSPS) is 11.3. The molecular formula is C54H32N6. The first kappa shape index (κ1) is 34.7. The van der Waals surface area contributed by atoms with Crippen molar-refractivity contribution in [2.75, 3.05) is 0 Å². The fourth-order valence-corrected chi connectivity index (χ4v) is 8.61. The molecule has 60 heavy (non-hydrogen) atoms. The Balaban J connectivity index is 1.19. The highest BCUT2D eigenvalue weighted by Crippen LogP contribution is 2.41. The molecule has 11 rings (SSSR count). The van der Waals surface area contributed by atoms with Gasteiger partial charge in [0.1, 0.15) is 0 Å². The van der Waals surface area contributed by atoms with E-state index in [0.29, 0.717) is 17.1 Å². The Morgan fingerprint density at radius 2 is 1.03 bits per heavy atom. The fraction of sp³-hybridized carbons (Fsp3) is 0. The first-order valence-electron chi connectivity index (χ1n) is 19.7. The molecular weight excluding hydrogens is 733 g/mol. The van der Waals surface area contributed by atoms with Crippen molar-refractivity contribution < 1.29 is 0 Å². The topological polar surface area (TPSA) is 63.8 Å². The Labute approximate surface area is 346 Å². The van der Waals surface area contributed by atoms with Gasteiger partial charge >= 0.3 is 0 Å². The monoisotopic (exact) mass is 764 g/mol. The summed E-state index contributed by atoms with van der Waals surface area (Å²) in [5.41, 5.74) is 13.8. The highest BCUT2D eigenvalue weighted by atomic mass is 15.0. The van der Waals surface area contributed by atoms with Gasteiger partial charge in [-0.15, -0.1) is 0 Å². The van der Waals surface area contributed by atoms with Gasteiger partial charge in [-0.3, -0.25) is 0 Å². The highest BCUT2D eigenvalue weighted by molar-refractivity contribution is 6.12. The second kappa shape index (κ2) is 14.1. The van der Waals surface area contributed by atoms with Crippen LogP contribution in [0.2, 0.25) is 0 Å². The summed E-state index contributed by atoms with van der Waals surface area (Å²) in [5, 5.41) is 14.2. The summed E-state index contributed by atoms with van der Waals surface area (Å²) >= 11 is 0. The van der Waals surface area contributed by atoms with Crippen LogP contribution in [0.1, 0.15) is 5.56 Å². The van der Waals surface area contributed by atoms with Gasteiger partial charge in [-0.1, -0.05) is 115 Å². The molecule has 11 aromatic rings. The van der Waals surface area contributed by atoms with E-state index in [2.05, 4.69) is 141 Å². The van der Waals surface area contributed by atoms with Gasteiger partial charge in [0.15, 0.2) is 11.5 Å². The Hall–Kier alpha value is -8.58. The largest absolute Gasteiger partial charge is 0.309 e. The maximum absolute atomic E-state index is 9.93. The third-order valence-electron chi connectivity index (χ3n) is 11.4. The molecule has 0 atom stereocenters. The Morgan fingerprint density at radius 3 is 1.68 bits per heavy atom. The highest BCUT2D eigenvalue weighted by Gasteiger charge is 2.20. The number of hydrogen-bond acceptors (Lipinski definition) is 3. The van der Waals surface area contributed by atoms with Gasteiger partial charge in [0, 0.05) is 44.1 Å². The number of benzene rings is 8. The standard InChI is InChI=1S/C54H32N6/c1-56-40-25-28-53-46(32-40)45-29-35(34-55)23-26-52(45)60(53)51-27-24-39(54-57-47(36-13-4-2-5-14-36)33-48(58-54)37-15-6-3-7-16-37)31-44(51)38-17-12-18-41(30-38)59-49-21-10-8-19-42(49)43-20-9-11-22-50(43)59/h2-33H. The van der Waals surface area contributed by atoms with E-state index in [1.165, 1.54) is 10.8 Å². The van der Waals surface area contributed by atoms with E-state index in [4.69, 9.17) is 16.5 Å². The zero-order valence-corrected chi connectivity index (χ0v) is 32.2. The molecule has 0 amide bonds. The summed E-state index contributed by atoms with van der Waals surface area (Å²) in [4.78, 5) is 14.2. The zero-order chi connectivity index (χ0) is 40.2. The van der Waals surface area contributed by atoms with E-state index in [1.54, 1.807) is 0 Å². The molecule has 3 heterocycles. The summed E-state index contributed by atoms with van der Waals surface area (Å²) in [6.45, 7) is 7.80. The molecule has 3 aromatic heterocycles. The summed E-state index contributed by atoms with van der Waals surface area (Å²) in [7, 11) is 0. The molecule has 0 N–H and O–H groups in total. The van der Waals surface area contributed by atoms with Crippen LogP contribution < -0.4 is 0 Å². The Morgan fingerprint density at radius 1 is 0.450 bits per heavy atom. The first-order chi connectivity index (χ1) is 29.6. The van der Waals surface area contributed by atoms with Gasteiger partial charge in [0.05, 0.1) is 57.3 Å². The van der Waals surface area contributed by atoms with Gasteiger partial charge in [0.25, 0.3) is 0 Å². The predicted octanol–water partition coefficient (Wildman–Crippen LogP) is 13.8. The first-order valence-corrected chi connectivity index (χ1v) is 19.7. The maximum Gasteiger partial charge on any atom is 0.188 e. The molecule has 0 saturated carbocycles. The van der Waals surface area contributed by atoms with E-state index >= 15 is 0 Å². The third kappa shape index (κ3) is 5.71. The van der Waals surface area contributed by atoms with E-state index in [-0.39, 0.29) is 0 Å². The van der Waals surface area contributed by atoms with E-state index < -0.39 is 0 Å². The van der Waals surface area contributed by atoms with Crippen molar-refractivity contribution in [3.63, 3.8) is 0 Å². The van der Waals surface area contributed by atoms with Crippen LogP contribution in [0.4, 0.5) is 5.69 Å². The Kier molecular flexibility index (Phi) is 8.15. The van der Waals surface area contributed by atoms with E-state index in [9.17, 15) is 5.26 Å². The van der Waals surface area contributed by atoms with Crippen LogP contribution in [0.25, 0.3) is 105 Å². The van der Waals surface area contributed by atoms with Crippen LogP contribution in [0.5, 0.6) is 0 Å². The van der Waals surface area contributed by atoms with Crippen LogP contribution in [0, 0.1) is 17.9 Å². The van der Waals surface area contributed by atoms with E-state index in [0.717, 1.165) is 83.4 Å². The predicted molar refractivity (Wildman–Crippen MR) is 243 cm³/mol. The third-order valence-corrected chi connectivity index (χ3v) is 11.4. The molecule has 0 fully saturated rings. The van der Waals surface area contributed by atoms with Gasteiger partial charge in [-0.05, 0) is 89.8 Å². The lowest BCUT2D eigenvalue weighted by Crippen LogP contribution is -2.01. The minimum absolute atomic E-state index is 0.544. The quantitative estimate of drug-likeness (QED) is 0.158. The summed E-state index contributed by atoms with van der Waals surface area (Å²) < 4.78 is 4.59. The SMILES string of the molecule is [C-]#[N+]c1ccc2c(c1)c1cc(C#N)ccc1n2-c1ccc(-c2nc(-c3ccccc3)cc(-c3ccccc3)n2)cc1-c1cccc(-n2c3ccccc3c3ccccc32)c1. The summed E-state index contributed by atoms with van der Waals surface area (Å²) in [6.07, 6.45) is 0. The molecule has 0 aliphatic carbocycles. The number of nitrogens with zero attached hydrogens (tertiary/aromatic N) is 6.